The van der Waals surface area contributed by atoms with E-state index in [2.05, 4.69) is 15.7 Å². The number of ketones is 2. The minimum atomic E-state index is -3.40. The summed E-state index contributed by atoms with van der Waals surface area (Å²) >= 11 is 0. The van der Waals surface area contributed by atoms with Crippen LogP contribution in [0.3, 0.4) is 0 Å². The maximum absolute atomic E-state index is 13.9. The Hall–Kier alpha value is -3.43. The van der Waals surface area contributed by atoms with Crippen LogP contribution in [0.2, 0.25) is 0 Å². The van der Waals surface area contributed by atoms with E-state index in [1.807, 2.05) is 6.92 Å². The number of amides is 2. The number of rotatable bonds is 14. The van der Waals surface area contributed by atoms with Gasteiger partial charge in [0.2, 0.25) is 11.6 Å². The maximum Gasteiger partial charge on any atom is 0.405 e. The predicted molar refractivity (Wildman–Crippen MR) is 196 cm³/mol. The van der Waals surface area contributed by atoms with E-state index >= 15 is 0 Å². The van der Waals surface area contributed by atoms with Gasteiger partial charge >= 0.3 is 13.8 Å². The molecule has 0 aromatic rings. The first-order valence-corrected chi connectivity index (χ1v) is 19.1. The minimum absolute atomic E-state index is 0.130. The van der Waals surface area contributed by atoms with Crippen molar-refractivity contribution in [1.29, 1.82) is 0 Å². The van der Waals surface area contributed by atoms with Crippen LogP contribution in [0.15, 0.2) is 58.5 Å². The number of fused-ring (bicyclic) bond motifs is 2. The molecule has 0 saturated heterocycles. The molecule has 0 fully saturated rings. The van der Waals surface area contributed by atoms with Gasteiger partial charge in [-0.2, -0.15) is 0 Å². The topological polar surface area (TPSA) is 214 Å². The number of carbonyl (C=O) groups excluding carboxylic acids is 4. The Kier molecular flexibility index (Phi) is 18.9. The second kappa shape index (κ2) is 21.9. The van der Waals surface area contributed by atoms with E-state index in [0.29, 0.717) is 37.9 Å². The van der Waals surface area contributed by atoms with Crippen molar-refractivity contribution in [3.05, 3.63) is 58.5 Å². The highest BCUT2D eigenvalue weighted by Crippen LogP contribution is 2.43. The summed E-state index contributed by atoms with van der Waals surface area (Å²) in [6.07, 6.45) is 4.63. The fourth-order valence-corrected chi connectivity index (χ4v) is 7.30. The van der Waals surface area contributed by atoms with Crippen LogP contribution in [0, 0.1) is 11.8 Å². The number of hydrogen-bond donors (Lipinski definition) is 5. The van der Waals surface area contributed by atoms with E-state index in [4.69, 9.17) is 29.0 Å². The molecular weight excluding hydrogens is 695 g/mol. The monoisotopic (exact) mass is 752 g/mol. The van der Waals surface area contributed by atoms with E-state index in [0.717, 1.165) is 6.08 Å². The quantitative estimate of drug-likeness (QED) is 0.0738. The fourth-order valence-electron chi connectivity index (χ4n) is 5.93. The van der Waals surface area contributed by atoms with Crippen molar-refractivity contribution in [2.75, 3.05) is 40.5 Å². The van der Waals surface area contributed by atoms with Crippen molar-refractivity contribution in [3.8, 4) is 0 Å². The minimum Gasteiger partial charge on any atom is -0.439 e. The summed E-state index contributed by atoms with van der Waals surface area (Å²) in [6.45, 7) is 11.5. The summed E-state index contributed by atoms with van der Waals surface area (Å²) in [7, 11) is -0.498. The van der Waals surface area contributed by atoms with Crippen LogP contribution in [0.4, 0.5) is 4.79 Å². The van der Waals surface area contributed by atoms with Crippen LogP contribution in [0.5, 0.6) is 0 Å². The number of unbranched alkanes of at least 4 members (excludes halogenated alkanes) is 1. The van der Waals surface area contributed by atoms with E-state index in [-0.39, 0.29) is 48.1 Å². The second-order valence-electron chi connectivity index (χ2n) is 12.8. The molecule has 6 atom stereocenters. The average molecular weight is 753 g/mol. The summed E-state index contributed by atoms with van der Waals surface area (Å²) in [5, 5.41) is 19.9. The van der Waals surface area contributed by atoms with Crippen LogP contribution < -0.4 is 21.5 Å². The van der Waals surface area contributed by atoms with Crippen LogP contribution in [-0.2, 0) is 42.2 Å². The van der Waals surface area contributed by atoms with Crippen molar-refractivity contribution in [2.45, 2.75) is 91.6 Å². The third kappa shape index (κ3) is 13.5. The highest BCUT2D eigenvalue weighted by atomic mass is 31.2. The zero-order valence-corrected chi connectivity index (χ0v) is 32.5. The molecule has 2 bridgehead atoms. The smallest absolute Gasteiger partial charge is 0.405 e. The Bertz CT molecular complexity index is 1460. The highest BCUT2D eigenvalue weighted by Gasteiger charge is 2.33. The molecule has 16 heteroatoms. The standard InChI is InChI=1S/C36H57N4O11P/c1-9-49-52(46,50-10-2)39-17-12-11-16-38-31-26-18-22(3)19-30(48-8)32(42)24(5)20-25(6)34(51-36(37)45)29(47-7)15-13-14-23(4)35(44)40-27(33(26)43)21-28(31)41/h13-15,20-22,24,29-30,32,34,38,42H,9-12,16-19H2,1-8H3,(H2,37,45)(H,39,46)(H,40,44)/b15-13+,23-14-,25-20+/t22-,24+,29+,30+,32-,34+/m1/s1. The number of carbonyl (C=O) groups is 4. The van der Waals surface area contributed by atoms with Gasteiger partial charge in [-0.15, -0.1) is 0 Å². The second-order valence-corrected chi connectivity index (χ2v) is 14.6. The van der Waals surface area contributed by atoms with E-state index in [9.17, 15) is 28.8 Å². The molecule has 0 aromatic heterocycles. The van der Waals surface area contributed by atoms with Gasteiger partial charge in [-0.05, 0) is 64.9 Å². The lowest BCUT2D eigenvalue weighted by Gasteiger charge is -2.30. The van der Waals surface area contributed by atoms with Gasteiger partial charge < -0.3 is 35.7 Å². The van der Waals surface area contributed by atoms with Gasteiger partial charge in [-0.1, -0.05) is 38.2 Å². The molecule has 52 heavy (non-hydrogen) atoms. The fraction of sp³-hybridized carbons (Fsp3) is 0.611. The molecule has 2 amide bonds. The average Bonchev–Trinajstić information content (AvgIpc) is 3.08. The summed E-state index contributed by atoms with van der Waals surface area (Å²) in [4.78, 5) is 52.4. The first-order chi connectivity index (χ1) is 24.6. The highest BCUT2D eigenvalue weighted by molar-refractivity contribution is 7.51. The summed E-state index contributed by atoms with van der Waals surface area (Å²) in [6, 6.07) is 0. The largest absolute Gasteiger partial charge is 0.439 e. The lowest BCUT2D eigenvalue weighted by Crippen LogP contribution is -2.38. The number of hydrogen-bond acceptors (Lipinski definition) is 12. The van der Waals surface area contributed by atoms with Crippen LogP contribution in [0.1, 0.15) is 67.2 Å². The zero-order chi connectivity index (χ0) is 39.0. The number of nitrogens with two attached hydrogens (primary N) is 1. The van der Waals surface area contributed by atoms with Gasteiger partial charge in [0.15, 0.2) is 6.10 Å². The van der Waals surface area contributed by atoms with Crippen molar-refractivity contribution in [3.63, 3.8) is 0 Å². The van der Waals surface area contributed by atoms with E-state index in [1.165, 1.54) is 20.3 Å². The molecule has 6 N–H and O–H groups in total. The Morgan fingerprint density at radius 2 is 1.71 bits per heavy atom. The SMILES string of the molecule is CCOP(=O)(NCCCCNC1=C2C[C@@H](C)C[C@H](OC)[C@H](O)[C@@H](C)/C=C(\C)[C@H](OC(N)=O)[C@@H](OC)/C=C/C=C(/C)C(=O)NC(=CC1=O)C2=O)OCC. The molecule has 0 spiro atoms. The molecule has 2 aliphatic rings. The van der Waals surface area contributed by atoms with Crippen molar-refractivity contribution >= 4 is 31.3 Å². The lowest BCUT2D eigenvalue weighted by molar-refractivity contribution is -0.120. The maximum atomic E-state index is 13.9. The molecule has 0 unspecified atom stereocenters. The summed E-state index contributed by atoms with van der Waals surface area (Å²) < 4.78 is 39.8. The molecular formula is C36H57N4O11P. The Labute approximate surface area is 307 Å². The molecule has 1 aliphatic heterocycles. The molecule has 0 radical (unpaired) electrons. The Morgan fingerprint density at radius 1 is 1.06 bits per heavy atom. The molecule has 1 aliphatic carbocycles. The predicted octanol–water partition coefficient (Wildman–Crippen LogP) is 3.90. The Balaban J connectivity index is 2.44. The number of primary amides is 1. The number of aliphatic hydroxyl groups excluding tert-OH is 1. The van der Waals surface area contributed by atoms with Gasteiger partial charge in [0.25, 0.3) is 5.91 Å². The lowest BCUT2D eigenvalue weighted by atomic mass is 9.85. The summed E-state index contributed by atoms with van der Waals surface area (Å²) in [5.41, 5.74) is 6.34. The van der Waals surface area contributed by atoms with E-state index in [1.54, 1.807) is 52.8 Å². The molecule has 0 saturated carbocycles. The number of allylic oxidation sites excluding steroid dienone is 4. The number of aliphatic hydroxyl groups is 1. The first-order valence-electron chi connectivity index (χ1n) is 17.6. The number of methoxy groups -OCH3 is 2. The van der Waals surface area contributed by atoms with Crippen LogP contribution in [0.25, 0.3) is 0 Å². The first kappa shape index (κ1) is 44.7. The van der Waals surface area contributed by atoms with Crippen LogP contribution >= 0.6 is 7.75 Å². The molecule has 15 nitrogen and oxygen atoms in total. The third-order valence-corrected chi connectivity index (χ3v) is 10.4. The van der Waals surface area contributed by atoms with Crippen molar-refractivity contribution < 1.29 is 52.1 Å². The van der Waals surface area contributed by atoms with Gasteiger partial charge in [-0.3, -0.25) is 23.4 Å². The van der Waals surface area contributed by atoms with Gasteiger partial charge in [0.05, 0.1) is 36.8 Å². The molecule has 1 heterocycles. The van der Waals surface area contributed by atoms with Crippen molar-refractivity contribution in [1.82, 2.24) is 15.7 Å². The van der Waals surface area contributed by atoms with Gasteiger partial charge in [0, 0.05) is 50.4 Å². The number of ether oxygens (including phenoxy) is 3. The molecule has 2 rings (SSSR count). The van der Waals surface area contributed by atoms with E-state index < -0.39 is 61.6 Å². The van der Waals surface area contributed by atoms with Crippen molar-refractivity contribution in [2.24, 2.45) is 17.6 Å². The molecule has 292 valence electrons. The third-order valence-electron chi connectivity index (χ3n) is 8.60. The Morgan fingerprint density at radius 3 is 2.31 bits per heavy atom. The normalized spacial score (nSPS) is 28.2. The van der Waals surface area contributed by atoms with Crippen LogP contribution in [-0.4, -0.2) is 93.6 Å². The zero-order valence-electron chi connectivity index (χ0n) is 31.6. The molecule has 0 aromatic carbocycles. The number of Topliss-reactive ketones (excluding diaryl/α,β-unsaturated/α-hetero) is 1. The van der Waals surface area contributed by atoms with Gasteiger partial charge in [0.1, 0.15) is 6.10 Å². The van der Waals surface area contributed by atoms with Gasteiger partial charge in [-0.25, -0.2) is 14.4 Å². The number of nitrogens with one attached hydrogen (secondary N) is 3. The summed E-state index contributed by atoms with van der Waals surface area (Å²) in [5.74, 6) is -2.32.